The number of amides is 2. The molecule has 2 N–H and O–H groups in total. The summed E-state index contributed by atoms with van der Waals surface area (Å²) in [6.45, 7) is 4.86. The zero-order valence-corrected chi connectivity index (χ0v) is 17.3. The number of aromatic nitrogens is 2. The topological polar surface area (TPSA) is 105 Å². The summed E-state index contributed by atoms with van der Waals surface area (Å²) in [4.78, 5) is 28.6. The molecule has 2 amide bonds. The number of ether oxygens (including phenoxy) is 1. The van der Waals surface area contributed by atoms with Crippen LogP contribution in [-0.4, -0.2) is 61.0 Å². The molecule has 1 aromatic heterocycles. The fourth-order valence-corrected chi connectivity index (χ4v) is 3.84. The highest BCUT2D eigenvalue weighted by Gasteiger charge is 2.33. The Morgan fingerprint density at radius 2 is 1.90 bits per heavy atom. The van der Waals surface area contributed by atoms with Gasteiger partial charge in [-0.3, -0.25) is 9.69 Å². The Labute approximate surface area is 179 Å². The summed E-state index contributed by atoms with van der Waals surface area (Å²) in [5.41, 5.74) is 6.94. The molecule has 0 bridgehead atoms. The fraction of sp³-hybridized carbons (Fsp3) is 0.429. The molecule has 3 heterocycles. The first-order chi connectivity index (χ1) is 14.9. The van der Waals surface area contributed by atoms with E-state index in [9.17, 15) is 14.0 Å². The lowest BCUT2D eigenvalue weighted by Gasteiger charge is -2.36. The predicted molar refractivity (Wildman–Crippen MR) is 114 cm³/mol. The van der Waals surface area contributed by atoms with Gasteiger partial charge < -0.3 is 20.3 Å². The molecule has 4 rings (SSSR count). The number of hydrogen-bond acceptors (Lipinski definition) is 7. The van der Waals surface area contributed by atoms with Gasteiger partial charge in [0, 0.05) is 32.6 Å². The van der Waals surface area contributed by atoms with Crippen LogP contribution in [0.5, 0.6) is 0 Å². The molecule has 2 saturated heterocycles. The molecule has 2 aromatic rings. The lowest BCUT2D eigenvalue weighted by Crippen LogP contribution is -2.47. The van der Waals surface area contributed by atoms with Gasteiger partial charge >= 0.3 is 6.09 Å². The van der Waals surface area contributed by atoms with E-state index in [1.54, 1.807) is 12.1 Å². The molecule has 2 aliphatic heterocycles. The van der Waals surface area contributed by atoms with Crippen LogP contribution < -0.4 is 20.4 Å². The summed E-state index contributed by atoms with van der Waals surface area (Å²) < 4.78 is 20.2. The van der Waals surface area contributed by atoms with Crippen LogP contribution in [0.25, 0.3) is 0 Å². The lowest BCUT2D eigenvalue weighted by molar-refractivity contribution is -0.118. The van der Waals surface area contributed by atoms with E-state index in [2.05, 4.69) is 15.1 Å². The quantitative estimate of drug-likeness (QED) is 0.749. The molecule has 9 nitrogen and oxygen atoms in total. The third-order valence-electron chi connectivity index (χ3n) is 5.56. The van der Waals surface area contributed by atoms with Crippen LogP contribution in [0.4, 0.5) is 26.4 Å². The van der Waals surface area contributed by atoms with Crippen molar-refractivity contribution in [2.24, 2.45) is 5.73 Å². The molecule has 0 aliphatic carbocycles. The molecule has 10 heteroatoms. The summed E-state index contributed by atoms with van der Waals surface area (Å²) in [7, 11) is 0. The SMILES string of the molecule is Cc1ccc(N2CCN(c3ccc(N4C[C@H](CCC(N)=O)OC4=O)cc3F)CC2)nn1. The summed E-state index contributed by atoms with van der Waals surface area (Å²) in [6, 6.07) is 8.63. The molecule has 0 spiro atoms. The first-order valence-corrected chi connectivity index (χ1v) is 10.3. The monoisotopic (exact) mass is 428 g/mol. The number of nitrogens with two attached hydrogens (primary N) is 1. The molecule has 0 unspecified atom stereocenters. The van der Waals surface area contributed by atoms with E-state index in [0.717, 1.165) is 11.5 Å². The number of piperazine rings is 1. The Kier molecular flexibility index (Phi) is 5.88. The van der Waals surface area contributed by atoms with E-state index in [1.807, 2.05) is 24.0 Å². The number of carbonyl (C=O) groups excluding carboxylic acids is 2. The molecule has 164 valence electrons. The van der Waals surface area contributed by atoms with E-state index in [-0.39, 0.29) is 13.0 Å². The Morgan fingerprint density at radius 3 is 2.55 bits per heavy atom. The van der Waals surface area contributed by atoms with Gasteiger partial charge in [0.2, 0.25) is 5.91 Å². The number of benzene rings is 1. The van der Waals surface area contributed by atoms with Gasteiger partial charge in [-0.2, -0.15) is 5.10 Å². The minimum Gasteiger partial charge on any atom is -0.444 e. The van der Waals surface area contributed by atoms with E-state index < -0.39 is 23.9 Å². The van der Waals surface area contributed by atoms with E-state index in [1.165, 1.54) is 11.0 Å². The number of cyclic esters (lactones) is 1. The van der Waals surface area contributed by atoms with Gasteiger partial charge in [-0.15, -0.1) is 5.10 Å². The molecular formula is C21H25FN6O3. The van der Waals surface area contributed by atoms with Crippen molar-refractivity contribution in [3.63, 3.8) is 0 Å². The minimum absolute atomic E-state index is 0.138. The second kappa shape index (κ2) is 8.75. The Balaban J connectivity index is 1.38. The molecule has 31 heavy (non-hydrogen) atoms. The van der Waals surface area contributed by atoms with Crippen LogP contribution >= 0.6 is 0 Å². The van der Waals surface area contributed by atoms with E-state index >= 15 is 0 Å². The molecule has 1 aromatic carbocycles. The van der Waals surface area contributed by atoms with E-state index in [4.69, 9.17) is 10.5 Å². The van der Waals surface area contributed by atoms with Crippen molar-refractivity contribution in [2.75, 3.05) is 47.4 Å². The lowest BCUT2D eigenvalue weighted by atomic mass is 10.1. The highest BCUT2D eigenvalue weighted by Crippen LogP contribution is 2.29. The van der Waals surface area contributed by atoms with Crippen molar-refractivity contribution in [2.45, 2.75) is 25.9 Å². The molecule has 0 saturated carbocycles. The van der Waals surface area contributed by atoms with Crippen molar-refractivity contribution in [1.29, 1.82) is 0 Å². The van der Waals surface area contributed by atoms with Crippen LogP contribution in [0, 0.1) is 12.7 Å². The minimum atomic E-state index is -0.547. The van der Waals surface area contributed by atoms with Crippen LogP contribution in [0.15, 0.2) is 30.3 Å². The van der Waals surface area contributed by atoms with Crippen molar-refractivity contribution in [3.8, 4) is 0 Å². The van der Waals surface area contributed by atoms with Gasteiger partial charge in [-0.25, -0.2) is 9.18 Å². The third kappa shape index (κ3) is 4.68. The highest BCUT2D eigenvalue weighted by molar-refractivity contribution is 5.90. The normalized spacial score (nSPS) is 19.0. The predicted octanol–water partition coefficient (Wildman–Crippen LogP) is 1.84. The summed E-state index contributed by atoms with van der Waals surface area (Å²) in [5.74, 6) is -0.0200. The second-order valence-corrected chi connectivity index (χ2v) is 7.76. The van der Waals surface area contributed by atoms with Crippen molar-refractivity contribution >= 4 is 29.2 Å². The highest BCUT2D eigenvalue weighted by atomic mass is 19.1. The molecule has 1 atom stereocenters. The van der Waals surface area contributed by atoms with E-state index in [0.29, 0.717) is 44.0 Å². The van der Waals surface area contributed by atoms with Crippen LogP contribution in [0.2, 0.25) is 0 Å². The van der Waals surface area contributed by atoms with Crippen LogP contribution in [0.1, 0.15) is 18.5 Å². The van der Waals surface area contributed by atoms with Gasteiger partial charge in [0.15, 0.2) is 5.82 Å². The molecule has 2 aliphatic rings. The third-order valence-corrected chi connectivity index (χ3v) is 5.56. The summed E-state index contributed by atoms with van der Waals surface area (Å²) in [5, 5.41) is 8.31. The Hall–Kier alpha value is -3.43. The van der Waals surface area contributed by atoms with Gasteiger partial charge in [-0.05, 0) is 43.7 Å². The maximum absolute atomic E-state index is 14.9. The maximum atomic E-state index is 14.9. The van der Waals surface area contributed by atoms with Crippen molar-refractivity contribution < 1.29 is 18.7 Å². The Morgan fingerprint density at radius 1 is 1.16 bits per heavy atom. The molecular weight excluding hydrogens is 403 g/mol. The Bertz CT molecular complexity index is 962. The standard InChI is InChI=1S/C21H25FN6O3/c1-14-2-7-20(25-24-14)27-10-8-26(9-11-27)18-5-3-15(12-17(18)22)28-13-16(31-21(28)30)4-6-19(23)29/h2-3,5,7,12,16H,4,6,8-11,13H2,1H3,(H2,23,29)/t16-/m0/s1. The van der Waals surface area contributed by atoms with Crippen LogP contribution in [0.3, 0.4) is 0 Å². The van der Waals surface area contributed by atoms with Gasteiger partial charge in [0.25, 0.3) is 0 Å². The first-order valence-electron chi connectivity index (χ1n) is 10.3. The smallest absolute Gasteiger partial charge is 0.414 e. The zero-order valence-electron chi connectivity index (χ0n) is 17.3. The number of rotatable bonds is 6. The average molecular weight is 428 g/mol. The van der Waals surface area contributed by atoms with Crippen LogP contribution in [-0.2, 0) is 9.53 Å². The molecule has 2 fully saturated rings. The number of nitrogens with zero attached hydrogens (tertiary/aromatic N) is 5. The van der Waals surface area contributed by atoms with Gasteiger partial charge in [0.1, 0.15) is 11.9 Å². The summed E-state index contributed by atoms with van der Waals surface area (Å²) >= 11 is 0. The van der Waals surface area contributed by atoms with Gasteiger partial charge in [-0.1, -0.05) is 0 Å². The number of anilines is 3. The maximum Gasteiger partial charge on any atom is 0.414 e. The van der Waals surface area contributed by atoms with Crippen molar-refractivity contribution in [3.05, 3.63) is 41.8 Å². The second-order valence-electron chi connectivity index (χ2n) is 7.76. The number of primary amides is 1. The number of hydrogen-bond donors (Lipinski definition) is 1. The molecule has 0 radical (unpaired) electrons. The zero-order chi connectivity index (χ0) is 22.0. The number of carbonyl (C=O) groups is 2. The fourth-order valence-electron chi connectivity index (χ4n) is 3.84. The number of halogens is 1. The summed E-state index contributed by atoms with van der Waals surface area (Å²) in [6.07, 6.45) is -0.484. The van der Waals surface area contributed by atoms with Crippen molar-refractivity contribution in [1.82, 2.24) is 10.2 Å². The number of aryl methyl sites for hydroxylation is 1. The largest absolute Gasteiger partial charge is 0.444 e. The first kappa shape index (κ1) is 20.8. The average Bonchev–Trinajstić information content (AvgIpc) is 3.13. The van der Waals surface area contributed by atoms with Gasteiger partial charge in [0.05, 0.1) is 23.6 Å².